The minimum absolute atomic E-state index is 0.0131. The molecule has 1 atom stereocenters. The molecule has 0 bridgehead atoms. The van der Waals surface area contributed by atoms with Crippen LogP contribution in [0.4, 0.5) is 4.79 Å². The molecule has 2 N–H and O–H groups in total. The fraction of sp³-hybridized carbons (Fsp3) is 0.692. The van der Waals surface area contributed by atoms with Crippen molar-refractivity contribution in [3.63, 3.8) is 0 Å². The van der Waals surface area contributed by atoms with E-state index < -0.39 is 18.1 Å². The molecule has 0 aliphatic rings. The molecule has 0 radical (unpaired) electrons. The van der Waals surface area contributed by atoms with Crippen LogP contribution in [-0.4, -0.2) is 50.6 Å². The summed E-state index contributed by atoms with van der Waals surface area (Å²) >= 11 is 0. The minimum atomic E-state index is -0.632. The van der Waals surface area contributed by atoms with Gasteiger partial charge < -0.3 is 24.9 Å². The Morgan fingerprint density at radius 1 is 1.24 bits per heavy atom. The molecule has 0 rings (SSSR count). The lowest BCUT2D eigenvalue weighted by atomic mass is 10.2. The van der Waals surface area contributed by atoms with Crippen molar-refractivity contribution in [3.05, 3.63) is 0 Å². The first kappa shape index (κ1) is 18.9. The highest BCUT2D eigenvalue weighted by Crippen LogP contribution is 1.94. The molecule has 8 heteroatoms. The fourth-order valence-corrected chi connectivity index (χ4v) is 1.36. The second kappa shape index (κ2) is 11.7. The van der Waals surface area contributed by atoms with Gasteiger partial charge in [0, 0.05) is 19.4 Å². The van der Waals surface area contributed by atoms with Crippen LogP contribution in [0, 0.1) is 0 Å². The van der Waals surface area contributed by atoms with E-state index in [-0.39, 0.29) is 38.3 Å². The second-order valence-corrected chi connectivity index (χ2v) is 4.26. The van der Waals surface area contributed by atoms with Crippen LogP contribution in [0.3, 0.4) is 0 Å². The number of alkyl carbamates (subject to hydrolysis) is 1. The summed E-state index contributed by atoms with van der Waals surface area (Å²) in [5.74, 6) is -0.837. The van der Waals surface area contributed by atoms with E-state index in [1.54, 1.807) is 0 Å². The third-order valence-electron chi connectivity index (χ3n) is 2.47. The summed E-state index contributed by atoms with van der Waals surface area (Å²) in [6, 6.07) is -0.547. The Labute approximate surface area is 123 Å². The Morgan fingerprint density at radius 2 is 1.95 bits per heavy atom. The van der Waals surface area contributed by atoms with Crippen LogP contribution in [-0.2, 0) is 23.9 Å². The summed E-state index contributed by atoms with van der Waals surface area (Å²) in [4.78, 5) is 44.3. The van der Waals surface area contributed by atoms with Crippen LogP contribution in [0.15, 0.2) is 0 Å². The van der Waals surface area contributed by atoms with Crippen molar-refractivity contribution in [2.75, 3.05) is 20.3 Å². The van der Waals surface area contributed by atoms with E-state index in [9.17, 15) is 19.2 Å². The smallest absolute Gasteiger partial charge is 0.407 e. The van der Waals surface area contributed by atoms with E-state index in [1.165, 1.54) is 7.11 Å². The van der Waals surface area contributed by atoms with Gasteiger partial charge in [0.05, 0.1) is 26.2 Å². The highest BCUT2D eigenvalue weighted by molar-refractivity contribution is 5.81. The molecule has 0 saturated carbocycles. The summed E-state index contributed by atoms with van der Waals surface area (Å²) in [5, 5.41) is 5.02. The maximum absolute atomic E-state index is 11.5. The maximum Gasteiger partial charge on any atom is 0.407 e. The number of nitrogens with one attached hydrogen (secondary N) is 2. The third kappa shape index (κ3) is 10.3. The molecule has 21 heavy (non-hydrogen) atoms. The van der Waals surface area contributed by atoms with Crippen LogP contribution in [0.5, 0.6) is 0 Å². The molecule has 120 valence electrons. The number of hydrogen-bond donors (Lipinski definition) is 2. The van der Waals surface area contributed by atoms with Gasteiger partial charge in [-0.2, -0.15) is 0 Å². The lowest BCUT2D eigenvalue weighted by Crippen LogP contribution is -2.44. The van der Waals surface area contributed by atoms with Crippen molar-refractivity contribution in [2.24, 2.45) is 0 Å². The van der Waals surface area contributed by atoms with Gasteiger partial charge in [-0.1, -0.05) is 6.92 Å². The molecule has 0 aliphatic heterocycles. The van der Waals surface area contributed by atoms with E-state index in [0.29, 0.717) is 12.7 Å². The molecular weight excluding hydrogens is 280 g/mol. The largest absolute Gasteiger partial charge is 0.469 e. The average molecular weight is 302 g/mol. The van der Waals surface area contributed by atoms with Crippen molar-refractivity contribution in [3.8, 4) is 0 Å². The number of carbonyl (C=O) groups is 4. The third-order valence-corrected chi connectivity index (χ3v) is 2.47. The molecule has 0 spiro atoms. The van der Waals surface area contributed by atoms with E-state index in [4.69, 9.17) is 4.74 Å². The molecule has 2 amide bonds. The Morgan fingerprint density at radius 3 is 2.52 bits per heavy atom. The normalized spacial score (nSPS) is 11.1. The number of aldehydes is 1. The number of ether oxygens (including phenoxy) is 2. The van der Waals surface area contributed by atoms with E-state index >= 15 is 0 Å². The fourth-order valence-electron chi connectivity index (χ4n) is 1.36. The van der Waals surface area contributed by atoms with Crippen molar-refractivity contribution in [1.29, 1.82) is 0 Å². The van der Waals surface area contributed by atoms with Crippen molar-refractivity contribution >= 4 is 24.3 Å². The average Bonchev–Trinajstić information content (AvgIpc) is 2.48. The molecule has 0 saturated heterocycles. The van der Waals surface area contributed by atoms with Crippen LogP contribution < -0.4 is 10.6 Å². The maximum atomic E-state index is 11.5. The van der Waals surface area contributed by atoms with Crippen molar-refractivity contribution in [1.82, 2.24) is 10.6 Å². The molecule has 0 aromatic rings. The van der Waals surface area contributed by atoms with Gasteiger partial charge in [-0.3, -0.25) is 9.59 Å². The van der Waals surface area contributed by atoms with Gasteiger partial charge in [-0.25, -0.2) is 4.79 Å². The van der Waals surface area contributed by atoms with Gasteiger partial charge in [0.15, 0.2) is 0 Å². The molecule has 0 aromatic carbocycles. The number of hydrogen-bond acceptors (Lipinski definition) is 6. The second-order valence-electron chi connectivity index (χ2n) is 4.26. The summed E-state index contributed by atoms with van der Waals surface area (Å²) in [5.41, 5.74) is 0. The van der Waals surface area contributed by atoms with Crippen LogP contribution in [0.2, 0.25) is 0 Å². The highest BCUT2D eigenvalue weighted by Gasteiger charge is 2.14. The van der Waals surface area contributed by atoms with Gasteiger partial charge in [0.25, 0.3) is 0 Å². The molecule has 0 unspecified atom stereocenters. The molecule has 8 nitrogen and oxygen atoms in total. The first-order valence-electron chi connectivity index (χ1n) is 6.73. The van der Waals surface area contributed by atoms with Crippen LogP contribution in [0.1, 0.15) is 32.6 Å². The number of rotatable bonds is 10. The van der Waals surface area contributed by atoms with Gasteiger partial charge in [-0.15, -0.1) is 0 Å². The zero-order valence-electron chi connectivity index (χ0n) is 12.3. The summed E-state index contributed by atoms with van der Waals surface area (Å²) in [6.07, 6.45) is 0.723. The Balaban J connectivity index is 4.07. The topological polar surface area (TPSA) is 111 Å². The predicted octanol–water partition coefficient (Wildman–Crippen LogP) is 0.150. The first-order chi connectivity index (χ1) is 10.0. The zero-order valence-corrected chi connectivity index (χ0v) is 12.3. The molecule has 0 fully saturated rings. The van der Waals surface area contributed by atoms with Gasteiger partial charge in [0.1, 0.15) is 6.29 Å². The van der Waals surface area contributed by atoms with Gasteiger partial charge in [0.2, 0.25) is 5.91 Å². The van der Waals surface area contributed by atoms with E-state index in [2.05, 4.69) is 15.4 Å². The zero-order chi connectivity index (χ0) is 16.1. The number of carbonyl (C=O) groups excluding carboxylic acids is 4. The Bertz CT molecular complexity index is 359. The van der Waals surface area contributed by atoms with Crippen molar-refractivity contribution in [2.45, 2.75) is 38.6 Å². The van der Waals surface area contributed by atoms with Gasteiger partial charge >= 0.3 is 12.1 Å². The standard InChI is InChI=1S/C13H22N2O6/c1-3-8-21-13(19)15-10(6-7-16)9-14-11(17)4-5-12(18)20-2/h7,10H,3-6,8-9H2,1-2H3,(H,14,17)(H,15,19)/t10-/m0/s1. The quantitative estimate of drug-likeness (QED) is 0.439. The lowest BCUT2D eigenvalue weighted by molar-refractivity contribution is -0.142. The summed E-state index contributed by atoms with van der Waals surface area (Å²) in [6.45, 7) is 2.23. The SMILES string of the molecule is CCCOC(=O)N[C@@H](CC=O)CNC(=O)CCC(=O)OC. The summed E-state index contributed by atoms with van der Waals surface area (Å²) in [7, 11) is 1.24. The number of esters is 1. The number of methoxy groups -OCH3 is 1. The van der Waals surface area contributed by atoms with E-state index in [1.807, 2.05) is 6.92 Å². The van der Waals surface area contributed by atoms with Crippen molar-refractivity contribution < 1.29 is 28.7 Å². The minimum Gasteiger partial charge on any atom is -0.469 e. The van der Waals surface area contributed by atoms with Crippen LogP contribution in [0.25, 0.3) is 0 Å². The van der Waals surface area contributed by atoms with Gasteiger partial charge in [-0.05, 0) is 6.42 Å². The van der Waals surface area contributed by atoms with E-state index in [0.717, 1.165) is 0 Å². The Hall–Kier alpha value is -2.12. The lowest BCUT2D eigenvalue weighted by Gasteiger charge is -2.16. The molecule has 0 aromatic heterocycles. The first-order valence-corrected chi connectivity index (χ1v) is 6.73. The van der Waals surface area contributed by atoms with Crippen LogP contribution >= 0.6 is 0 Å². The number of amides is 2. The molecule has 0 aliphatic carbocycles. The molecule has 0 heterocycles. The predicted molar refractivity (Wildman–Crippen MR) is 73.5 cm³/mol. The highest BCUT2D eigenvalue weighted by atomic mass is 16.5. The molecular formula is C13H22N2O6. The summed E-state index contributed by atoms with van der Waals surface area (Å²) < 4.78 is 9.24. The Kier molecular flexibility index (Phi) is 10.5. The monoisotopic (exact) mass is 302 g/mol.